The van der Waals surface area contributed by atoms with E-state index in [9.17, 15) is 0 Å². The SMILES string of the molecule is COCCN(c1ncncc1N)C(C)COC. The Balaban J connectivity index is 2.85. The van der Waals surface area contributed by atoms with Crippen LogP contribution in [0.25, 0.3) is 0 Å². The monoisotopic (exact) mass is 240 g/mol. The minimum absolute atomic E-state index is 0.173. The summed E-state index contributed by atoms with van der Waals surface area (Å²) in [6, 6.07) is 0.173. The van der Waals surface area contributed by atoms with E-state index in [-0.39, 0.29) is 6.04 Å². The molecule has 1 unspecified atom stereocenters. The van der Waals surface area contributed by atoms with E-state index in [1.54, 1.807) is 20.4 Å². The molecule has 1 aromatic rings. The van der Waals surface area contributed by atoms with Crippen molar-refractivity contribution < 1.29 is 9.47 Å². The van der Waals surface area contributed by atoms with Crippen LogP contribution in [0, 0.1) is 0 Å². The molecule has 96 valence electrons. The molecule has 0 saturated heterocycles. The molecule has 0 saturated carbocycles. The van der Waals surface area contributed by atoms with Crippen molar-refractivity contribution in [1.29, 1.82) is 0 Å². The third kappa shape index (κ3) is 3.83. The lowest BCUT2D eigenvalue weighted by atomic mass is 10.2. The van der Waals surface area contributed by atoms with Gasteiger partial charge in [-0.25, -0.2) is 9.97 Å². The van der Waals surface area contributed by atoms with Crippen molar-refractivity contribution in [3.8, 4) is 0 Å². The molecule has 0 fully saturated rings. The molecule has 0 spiro atoms. The first-order valence-corrected chi connectivity index (χ1v) is 5.50. The van der Waals surface area contributed by atoms with Gasteiger partial charge in [-0.15, -0.1) is 0 Å². The highest BCUT2D eigenvalue weighted by Gasteiger charge is 2.17. The van der Waals surface area contributed by atoms with Gasteiger partial charge >= 0.3 is 0 Å². The molecule has 1 heterocycles. The fourth-order valence-corrected chi connectivity index (χ4v) is 1.63. The van der Waals surface area contributed by atoms with Crippen LogP contribution in [0.3, 0.4) is 0 Å². The molecule has 0 aliphatic rings. The second-order valence-corrected chi connectivity index (χ2v) is 3.79. The molecule has 0 aliphatic carbocycles. The zero-order valence-corrected chi connectivity index (χ0v) is 10.6. The molecule has 0 aromatic carbocycles. The maximum Gasteiger partial charge on any atom is 0.155 e. The summed E-state index contributed by atoms with van der Waals surface area (Å²) in [6.07, 6.45) is 3.09. The molecular formula is C11H20N4O2. The summed E-state index contributed by atoms with van der Waals surface area (Å²) in [5.41, 5.74) is 6.44. The minimum Gasteiger partial charge on any atom is -0.394 e. The first kappa shape index (κ1) is 13.7. The van der Waals surface area contributed by atoms with Crippen molar-refractivity contribution in [1.82, 2.24) is 9.97 Å². The van der Waals surface area contributed by atoms with Crippen LogP contribution in [-0.2, 0) is 9.47 Å². The number of nitrogens with zero attached hydrogens (tertiary/aromatic N) is 3. The fraction of sp³-hybridized carbons (Fsp3) is 0.636. The Hall–Kier alpha value is -1.40. The van der Waals surface area contributed by atoms with Crippen LogP contribution >= 0.6 is 0 Å². The number of ether oxygens (including phenoxy) is 2. The van der Waals surface area contributed by atoms with Gasteiger partial charge in [0, 0.05) is 20.8 Å². The van der Waals surface area contributed by atoms with Gasteiger partial charge in [0.2, 0.25) is 0 Å². The van der Waals surface area contributed by atoms with E-state index in [2.05, 4.69) is 21.8 Å². The van der Waals surface area contributed by atoms with Gasteiger partial charge in [-0.05, 0) is 6.92 Å². The molecule has 17 heavy (non-hydrogen) atoms. The fourth-order valence-electron chi connectivity index (χ4n) is 1.63. The largest absolute Gasteiger partial charge is 0.394 e. The Morgan fingerprint density at radius 2 is 2.18 bits per heavy atom. The van der Waals surface area contributed by atoms with Crippen LogP contribution in [0.1, 0.15) is 6.92 Å². The van der Waals surface area contributed by atoms with Crippen molar-refractivity contribution in [3.63, 3.8) is 0 Å². The normalized spacial score (nSPS) is 12.4. The Bertz CT molecular complexity index is 335. The van der Waals surface area contributed by atoms with Crippen LogP contribution in [0.2, 0.25) is 0 Å². The highest BCUT2D eigenvalue weighted by Crippen LogP contribution is 2.20. The number of nitrogens with two attached hydrogens (primary N) is 1. The van der Waals surface area contributed by atoms with Gasteiger partial charge in [-0.1, -0.05) is 0 Å². The van der Waals surface area contributed by atoms with E-state index in [1.165, 1.54) is 6.33 Å². The lowest BCUT2D eigenvalue weighted by Gasteiger charge is -2.30. The summed E-state index contributed by atoms with van der Waals surface area (Å²) < 4.78 is 10.3. The minimum atomic E-state index is 0.173. The Kier molecular flexibility index (Phi) is 5.65. The maximum absolute atomic E-state index is 5.88. The van der Waals surface area contributed by atoms with E-state index < -0.39 is 0 Å². The van der Waals surface area contributed by atoms with Gasteiger partial charge in [0.05, 0.1) is 31.1 Å². The second kappa shape index (κ2) is 7.03. The lowest BCUT2D eigenvalue weighted by Crippen LogP contribution is -2.39. The Labute approximate surface area is 102 Å². The summed E-state index contributed by atoms with van der Waals surface area (Å²) in [5, 5.41) is 0. The van der Waals surface area contributed by atoms with Gasteiger partial charge in [-0.3, -0.25) is 0 Å². The second-order valence-electron chi connectivity index (χ2n) is 3.79. The van der Waals surface area contributed by atoms with Gasteiger partial charge in [0.1, 0.15) is 6.33 Å². The summed E-state index contributed by atoms with van der Waals surface area (Å²) in [4.78, 5) is 10.2. The number of anilines is 2. The molecule has 2 N–H and O–H groups in total. The van der Waals surface area contributed by atoms with Gasteiger partial charge < -0.3 is 20.1 Å². The molecule has 1 atom stereocenters. The van der Waals surface area contributed by atoms with Crippen molar-refractivity contribution in [2.45, 2.75) is 13.0 Å². The molecule has 1 rings (SSSR count). The Morgan fingerprint density at radius 3 is 2.76 bits per heavy atom. The predicted octanol–water partition coefficient (Wildman–Crippen LogP) is 0.546. The first-order valence-electron chi connectivity index (χ1n) is 5.50. The van der Waals surface area contributed by atoms with E-state index >= 15 is 0 Å². The predicted molar refractivity (Wildman–Crippen MR) is 67.0 cm³/mol. The molecule has 6 nitrogen and oxygen atoms in total. The highest BCUT2D eigenvalue weighted by atomic mass is 16.5. The molecule has 0 aliphatic heterocycles. The van der Waals surface area contributed by atoms with E-state index in [0.29, 0.717) is 25.4 Å². The topological polar surface area (TPSA) is 73.5 Å². The van der Waals surface area contributed by atoms with Crippen molar-refractivity contribution in [2.24, 2.45) is 0 Å². The standard InChI is InChI=1S/C11H20N4O2/c1-9(7-17-3)15(4-5-16-2)11-10(12)6-13-8-14-11/h6,8-9H,4-5,7,12H2,1-3H3. The molecular weight excluding hydrogens is 220 g/mol. The average Bonchev–Trinajstić information content (AvgIpc) is 2.32. The van der Waals surface area contributed by atoms with Gasteiger partial charge in [0.25, 0.3) is 0 Å². The zero-order chi connectivity index (χ0) is 12.7. The number of nitrogen functional groups attached to an aromatic ring is 1. The average molecular weight is 240 g/mol. The number of hydrogen-bond acceptors (Lipinski definition) is 6. The summed E-state index contributed by atoms with van der Waals surface area (Å²) in [5.74, 6) is 0.724. The summed E-state index contributed by atoms with van der Waals surface area (Å²) in [7, 11) is 3.34. The third-order valence-electron chi connectivity index (χ3n) is 2.47. The number of hydrogen-bond donors (Lipinski definition) is 1. The van der Waals surface area contributed by atoms with Gasteiger partial charge in [0.15, 0.2) is 5.82 Å². The zero-order valence-electron chi connectivity index (χ0n) is 10.6. The van der Waals surface area contributed by atoms with E-state index in [0.717, 1.165) is 5.82 Å². The van der Waals surface area contributed by atoms with Crippen LogP contribution in [0.5, 0.6) is 0 Å². The van der Waals surface area contributed by atoms with E-state index in [1.807, 2.05) is 0 Å². The molecule has 6 heteroatoms. The summed E-state index contributed by atoms with van der Waals surface area (Å²) in [6.45, 7) is 3.98. The van der Waals surface area contributed by atoms with Crippen LogP contribution in [0.15, 0.2) is 12.5 Å². The quantitative estimate of drug-likeness (QED) is 0.750. The number of methoxy groups -OCH3 is 2. The van der Waals surface area contributed by atoms with Crippen molar-refractivity contribution in [2.75, 3.05) is 44.6 Å². The number of rotatable bonds is 7. The third-order valence-corrected chi connectivity index (χ3v) is 2.47. The lowest BCUT2D eigenvalue weighted by molar-refractivity contribution is 0.170. The molecule has 0 radical (unpaired) electrons. The van der Waals surface area contributed by atoms with Gasteiger partial charge in [-0.2, -0.15) is 0 Å². The van der Waals surface area contributed by atoms with Crippen molar-refractivity contribution >= 4 is 11.5 Å². The van der Waals surface area contributed by atoms with Crippen molar-refractivity contribution in [3.05, 3.63) is 12.5 Å². The maximum atomic E-state index is 5.88. The van der Waals surface area contributed by atoms with Crippen LogP contribution < -0.4 is 10.6 Å². The van der Waals surface area contributed by atoms with Crippen LogP contribution in [-0.4, -0.2) is 50.0 Å². The Morgan fingerprint density at radius 1 is 1.41 bits per heavy atom. The molecule has 0 bridgehead atoms. The smallest absolute Gasteiger partial charge is 0.155 e. The molecule has 0 amide bonds. The number of aromatic nitrogens is 2. The summed E-state index contributed by atoms with van der Waals surface area (Å²) >= 11 is 0. The van der Waals surface area contributed by atoms with Crippen LogP contribution in [0.4, 0.5) is 11.5 Å². The molecule has 1 aromatic heterocycles. The highest BCUT2D eigenvalue weighted by molar-refractivity contribution is 5.61. The first-order chi connectivity index (χ1) is 8.20. The van der Waals surface area contributed by atoms with E-state index in [4.69, 9.17) is 15.2 Å².